The van der Waals surface area contributed by atoms with E-state index in [1.807, 2.05) is 78.9 Å². The number of furan rings is 1. The van der Waals surface area contributed by atoms with Crippen LogP contribution in [-0.4, -0.2) is 19.9 Å². The molecule has 4 aromatic carbocycles. The molecule has 0 aliphatic rings. The SMILES string of the molecule is c1ccc(-c2ccc(-c3nc(-c4ccccc4)nc(-c4cccc5oc6cccnc6c45)n3)cc2)cc1. The molecule has 3 heterocycles. The van der Waals surface area contributed by atoms with Gasteiger partial charge in [0.1, 0.15) is 11.1 Å². The van der Waals surface area contributed by atoms with E-state index in [1.54, 1.807) is 6.20 Å². The Balaban J connectivity index is 1.43. The predicted octanol–water partition coefficient (Wildman–Crippen LogP) is 7.83. The van der Waals surface area contributed by atoms with Gasteiger partial charge in [0.15, 0.2) is 23.1 Å². The molecule has 174 valence electrons. The first kappa shape index (κ1) is 21.1. The summed E-state index contributed by atoms with van der Waals surface area (Å²) in [6, 6.07) is 38.3. The van der Waals surface area contributed by atoms with Crippen LogP contribution in [0, 0.1) is 0 Å². The van der Waals surface area contributed by atoms with Gasteiger partial charge in [-0.1, -0.05) is 97.1 Å². The highest BCUT2D eigenvalue weighted by Gasteiger charge is 2.18. The number of fused-ring (bicyclic) bond motifs is 3. The smallest absolute Gasteiger partial charge is 0.164 e. The summed E-state index contributed by atoms with van der Waals surface area (Å²) in [5.74, 6) is 1.81. The van der Waals surface area contributed by atoms with Gasteiger partial charge in [-0.2, -0.15) is 0 Å². The molecule has 0 fully saturated rings. The molecule has 7 rings (SSSR count). The third-order valence-corrected chi connectivity index (χ3v) is 6.41. The quantitative estimate of drug-likeness (QED) is 0.259. The fraction of sp³-hybridized carbons (Fsp3) is 0. The van der Waals surface area contributed by atoms with E-state index < -0.39 is 0 Å². The summed E-state index contributed by atoms with van der Waals surface area (Å²) in [7, 11) is 0. The second-order valence-corrected chi connectivity index (χ2v) is 8.75. The highest BCUT2D eigenvalue weighted by molar-refractivity contribution is 6.09. The molecule has 7 aromatic rings. The molecule has 3 aromatic heterocycles. The van der Waals surface area contributed by atoms with Crippen molar-refractivity contribution in [2.75, 3.05) is 0 Å². The number of aromatic nitrogens is 4. The zero-order valence-corrected chi connectivity index (χ0v) is 19.7. The number of nitrogens with zero attached hydrogens (tertiary/aromatic N) is 4. The number of hydrogen-bond acceptors (Lipinski definition) is 5. The summed E-state index contributed by atoms with van der Waals surface area (Å²) in [5, 5.41) is 0.897. The number of benzene rings is 4. The highest BCUT2D eigenvalue weighted by Crippen LogP contribution is 2.35. The largest absolute Gasteiger partial charge is 0.454 e. The average Bonchev–Trinajstić information content (AvgIpc) is 3.37. The minimum absolute atomic E-state index is 0.579. The summed E-state index contributed by atoms with van der Waals surface area (Å²) in [6.07, 6.45) is 1.77. The summed E-state index contributed by atoms with van der Waals surface area (Å²) < 4.78 is 6.07. The van der Waals surface area contributed by atoms with Crippen molar-refractivity contribution in [2.24, 2.45) is 0 Å². The topological polar surface area (TPSA) is 64.7 Å². The number of rotatable bonds is 4. The lowest BCUT2D eigenvalue weighted by molar-refractivity contribution is 0.668. The average molecular weight is 477 g/mol. The fourth-order valence-electron chi connectivity index (χ4n) is 4.61. The predicted molar refractivity (Wildman–Crippen MR) is 147 cm³/mol. The van der Waals surface area contributed by atoms with Gasteiger partial charge in [0, 0.05) is 22.9 Å². The Labute approximate surface area is 213 Å². The number of hydrogen-bond donors (Lipinski definition) is 0. The molecule has 5 heteroatoms. The van der Waals surface area contributed by atoms with Crippen LogP contribution in [0.4, 0.5) is 0 Å². The normalized spacial score (nSPS) is 11.2. The Kier molecular flexibility index (Phi) is 5.03. The van der Waals surface area contributed by atoms with Gasteiger partial charge in [-0.25, -0.2) is 15.0 Å². The van der Waals surface area contributed by atoms with Gasteiger partial charge in [-0.05, 0) is 29.3 Å². The van der Waals surface area contributed by atoms with Crippen LogP contribution in [0.2, 0.25) is 0 Å². The number of pyridine rings is 1. The van der Waals surface area contributed by atoms with Crippen molar-refractivity contribution in [3.8, 4) is 45.3 Å². The van der Waals surface area contributed by atoms with Crippen LogP contribution in [-0.2, 0) is 0 Å². The first-order valence-electron chi connectivity index (χ1n) is 12.1. The van der Waals surface area contributed by atoms with Crippen molar-refractivity contribution >= 4 is 22.1 Å². The Bertz CT molecular complexity index is 1860. The first-order valence-corrected chi connectivity index (χ1v) is 12.1. The van der Waals surface area contributed by atoms with Crippen molar-refractivity contribution in [3.05, 3.63) is 121 Å². The van der Waals surface area contributed by atoms with Crippen molar-refractivity contribution in [3.63, 3.8) is 0 Å². The Morgan fingerprint density at radius 2 is 1.00 bits per heavy atom. The third kappa shape index (κ3) is 3.83. The molecular weight excluding hydrogens is 456 g/mol. The van der Waals surface area contributed by atoms with Gasteiger partial charge in [0.05, 0.1) is 5.39 Å². The maximum Gasteiger partial charge on any atom is 0.164 e. The molecule has 0 aliphatic carbocycles. The summed E-state index contributed by atoms with van der Waals surface area (Å²) in [5.41, 5.74) is 7.29. The lowest BCUT2D eigenvalue weighted by Crippen LogP contribution is -2.00. The van der Waals surface area contributed by atoms with Crippen molar-refractivity contribution in [1.29, 1.82) is 0 Å². The van der Waals surface area contributed by atoms with Gasteiger partial charge in [0.2, 0.25) is 0 Å². The summed E-state index contributed by atoms with van der Waals surface area (Å²) >= 11 is 0. The van der Waals surface area contributed by atoms with Crippen molar-refractivity contribution in [2.45, 2.75) is 0 Å². The van der Waals surface area contributed by atoms with Gasteiger partial charge in [-0.15, -0.1) is 0 Å². The zero-order valence-electron chi connectivity index (χ0n) is 19.7. The van der Waals surface area contributed by atoms with E-state index in [1.165, 1.54) is 5.56 Å². The monoisotopic (exact) mass is 476 g/mol. The van der Waals surface area contributed by atoms with Gasteiger partial charge in [-0.3, -0.25) is 4.98 Å². The van der Waals surface area contributed by atoms with Crippen LogP contribution in [0.5, 0.6) is 0 Å². The maximum absolute atomic E-state index is 6.07. The second-order valence-electron chi connectivity index (χ2n) is 8.75. The van der Waals surface area contributed by atoms with E-state index in [4.69, 9.17) is 19.4 Å². The van der Waals surface area contributed by atoms with E-state index in [-0.39, 0.29) is 0 Å². The van der Waals surface area contributed by atoms with Crippen LogP contribution >= 0.6 is 0 Å². The molecule has 0 atom stereocenters. The zero-order chi connectivity index (χ0) is 24.6. The van der Waals surface area contributed by atoms with E-state index in [0.29, 0.717) is 17.5 Å². The van der Waals surface area contributed by atoms with Gasteiger partial charge in [0.25, 0.3) is 0 Å². The Morgan fingerprint density at radius 1 is 0.432 bits per heavy atom. The lowest BCUT2D eigenvalue weighted by Gasteiger charge is -2.09. The molecule has 0 saturated heterocycles. The van der Waals surface area contributed by atoms with E-state index in [9.17, 15) is 0 Å². The molecule has 0 bridgehead atoms. The molecule has 5 nitrogen and oxygen atoms in total. The third-order valence-electron chi connectivity index (χ3n) is 6.41. The van der Waals surface area contributed by atoms with E-state index >= 15 is 0 Å². The molecule has 0 aliphatic heterocycles. The maximum atomic E-state index is 6.07. The van der Waals surface area contributed by atoms with Crippen LogP contribution in [0.15, 0.2) is 126 Å². The second kappa shape index (κ2) is 8.81. The summed E-state index contributed by atoms with van der Waals surface area (Å²) in [4.78, 5) is 19.3. The molecule has 0 amide bonds. The van der Waals surface area contributed by atoms with E-state index in [0.717, 1.165) is 44.3 Å². The molecule has 0 spiro atoms. The minimum Gasteiger partial charge on any atom is -0.454 e. The Hall–Kier alpha value is -5.16. The fourth-order valence-corrected chi connectivity index (χ4v) is 4.61. The van der Waals surface area contributed by atoms with Crippen molar-refractivity contribution in [1.82, 2.24) is 19.9 Å². The summed E-state index contributed by atoms with van der Waals surface area (Å²) in [6.45, 7) is 0. The first-order chi connectivity index (χ1) is 18.3. The molecule has 0 radical (unpaired) electrons. The van der Waals surface area contributed by atoms with Crippen LogP contribution in [0.3, 0.4) is 0 Å². The molecule has 0 N–H and O–H groups in total. The van der Waals surface area contributed by atoms with Crippen LogP contribution in [0.1, 0.15) is 0 Å². The van der Waals surface area contributed by atoms with Crippen LogP contribution in [0.25, 0.3) is 67.4 Å². The highest BCUT2D eigenvalue weighted by atomic mass is 16.3. The van der Waals surface area contributed by atoms with Gasteiger partial charge < -0.3 is 4.42 Å². The minimum atomic E-state index is 0.579. The van der Waals surface area contributed by atoms with Crippen molar-refractivity contribution < 1.29 is 4.42 Å². The van der Waals surface area contributed by atoms with Crippen LogP contribution < -0.4 is 0 Å². The Morgan fingerprint density at radius 3 is 1.73 bits per heavy atom. The molecular formula is C32H20N4O. The molecule has 37 heavy (non-hydrogen) atoms. The standard InChI is InChI=1S/C32H20N4O/c1-3-9-21(10-4-1)22-16-18-24(19-17-22)31-34-30(23-11-5-2-6-12-23)35-32(36-31)25-13-7-14-26-28(25)29-27(37-26)15-8-20-33-29/h1-20H. The van der Waals surface area contributed by atoms with Gasteiger partial charge >= 0.3 is 0 Å². The lowest BCUT2D eigenvalue weighted by atomic mass is 10.0. The molecule has 0 unspecified atom stereocenters. The molecule has 0 saturated carbocycles. The van der Waals surface area contributed by atoms with E-state index in [2.05, 4.69) is 41.4 Å².